The van der Waals surface area contributed by atoms with Gasteiger partial charge in [0.1, 0.15) is 0 Å². The summed E-state index contributed by atoms with van der Waals surface area (Å²) < 4.78 is 0. The van der Waals surface area contributed by atoms with E-state index in [-0.39, 0.29) is 11.1 Å². The minimum atomic E-state index is -0.983. The molecule has 1 aromatic heterocycles. The molecule has 2 aromatic carbocycles. The number of pyridine rings is 1. The second-order valence-electron chi connectivity index (χ2n) is 5.35. The summed E-state index contributed by atoms with van der Waals surface area (Å²) in [7, 11) is 0. The summed E-state index contributed by atoms with van der Waals surface area (Å²) in [5, 5.41) is 13.8. The maximum Gasteiger partial charge on any atom is 0.335 e. The number of nitrogens with zero attached hydrogens (tertiary/aromatic N) is 1. The van der Waals surface area contributed by atoms with E-state index in [1.54, 1.807) is 18.2 Å². The Kier molecular flexibility index (Phi) is 4.11. The number of aromatic amines is 1. The fourth-order valence-electron chi connectivity index (χ4n) is 2.36. The predicted molar refractivity (Wildman–Crippen MR) is 93.9 cm³/mol. The number of hydrogen-bond acceptors (Lipinski definition) is 4. The number of carboxylic acids is 1. The van der Waals surface area contributed by atoms with E-state index in [1.807, 2.05) is 25.1 Å². The number of hydrogen-bond donors (Lipinski definition) is 3. The highest BCUT2D eigenvalue weighted by Crippen LogP contribution is 2.14. The number of fused-ring (bicyclic) bond motifs is 1. The Hall–Kier alpha value is -3.41. The fraction of sp³-hybridized carbons (Fsp3) is 0.0556. The number of benzene rings is 2. The number of rotatable bonds is 4. The van der Waals surface area contributed by atoms with Crippen molar-refractivity contribution in [2.24, 2.45) is 5.10 Å². The van der Waals surface area contributed by atoms with Crippen molar-refractivity contribution in [1.29, 1.82) is 0 Å². The van der Waals surface area contributed by atoms with Crippen molar-refractivity contribution in [1.82, 2.24) is 4.98 Å². The van der Waals surface area contributed by atoms with E-state index < -0.39 is 5.97 Å². The third kappa shape index (κ3) is 3.17. The molecule has 0 radical (unpaired) electrons. The van der Waals surface area contributed by atoms with Crippen LogP contribution in [-0.2, 0) is 0 Å². The van der Waals surface area contributed by atoms with Gasteiger partial charge in [-0.3, -0.25) is 10.2 Å². The van der Waals surface area contributed by atoms with E-state index in [0.717, 1.165) is 16.5 Å². The summed E-state index contributed by atoms with van der Waals surface area (Å²) in [6.07, 6.45) is 1.44. The van der Waals surface area contributed by atoms with Crippen molar-refractivity contribution >= 4 is 28.8 Å². The van der Waals surface area contributed by atoms with Crippen molar-refractivity contribution in [2.75, 3.05) is 5.43 Å². The summed E-state index contributed by atoms with van der Waals surface area (Å²) in [6, 6.07) is 13.7. The molecule has 0 spiro atoms. The average Bonchev–Trinajstić information content (AvgIpc) is 2.57. The number of hydrazone groups is 1. The lowest BCUT2D eigenvalue weighted by Gasteiger charge is -2.03. The van der Waals surface area contributed by atoms with E-state index >= 15 is 0 Å². The highest BCUT2D eigenvalue weighted by Gasteiger charge is 2.03. The molecule has 6 heteroatoms. The van der Waals surface area contributed by atoms with Crippen LogP contribution in [0.4, 0.5) is 5.69 Å². The third-order valence-corrected chi connectivity index (χ3v) is 3.65. The summed E-state index contributed by atoms with van der Waals surface area (Å²) in [5.41, 5.74) is 5.63. The van der Waals surface area contributed by atoms with Crippen LogP contribution in [0.5, 0.6) is 0 Å². The Bertz CT molecular complexity index is 989. The van der Waals surface area contributed by atoms with E-state index in [2.05, 4.69) is 15.5 Å². The minimum absolute atomic E-state index is 0.200. The molecular weight excluding hydrogens is 306 g/mol. The fourth-order valence-corrected chi connectivity index (χ4v) is 2.36. The predicted octanol–water partition coefficient (Wildman–Crippen LogP) is 2.98. The molecule has 0 saturated carbocycles. The Balaban J connectivity index is 1.81. The lowest BCUT2D eigenvalue weighted by atomic mass is 10.1. The van der Waals surface area contributed by atoms with Crippen molar-refractivity contribution in [3.63, 3.8) is 0 Å². The molecule has 0 aliphatic heterocycles. The lowest BCUT2D eigenvalue weighted by molar-refractivity contribution is 0.0697. The van der Waals surface area contributed by atoms with Gasteiger partial charge in [0, 0.05) is 0 Å². The average molecular weight is 321 g/mol. The molecule has 3 rings (SSSR count). The van der Waals surface area contributed by atoms with Gasteiger partial charge in [-0.15, -0.1) is 0 Å². The van der Waals surface area contributed by atoms with Crippen LogP contribution in [0, 0.1) is 6.92 Å². The molecular formula is C18H15N3O3. The van der Waals surface area contributed by atoms with Gasteiger partial charge in [0.25, 0.3) is 5.56 Å². The number of carboxylic acid groups (broad SMARTS) is 1. The first-order valence-electron chi connectivity index (χ1n) is 7.30. The van der Waals surface area contributed by atoms with Crippen molar-refractivity contribution in [3.05, 3.63) is 75.6 Å². The van der Waals surface area contributed by atoms with Gasteiger partial charge < -0.3 is 10.1 Å². The highest BCUT2D eigenvalue weighted by molar-refractivity contribution is 5.89. The van der Waals surface area contributed by atoms with Gasteiger partial charge in [0.2, 0.25) is 0 Å². The number of aromatic nitrogens is 1. The van der Waals surface area contributed by atoms with Crippen LogP contribution < -0.4 is 11.0 Å². The van der Waals surface area contributed by atoms with E-state index in [4.69, 9.17) is 5.11 Å². The first kappa shape index (κ1) is 15.5. The first-order chi connectivity index (χ1) is 11.5. The Morgan fingerprint density at radius 3 is 2.67 bits per heavy atom. The number of aryl methyl sites for hydroxylation is 1. The molecule has 0 aliphatic carbocycles. The number of aromatic carboxylic acids is 1. The van der Waals surface area contributed by atoms with Crippen molar-refractivity contribution in [2.45, 2.75) is 6.92 Å². The maximum atomic E-state index is 12.1. The second-order valence-corrected chi connectivity index (χ2v) is 5.35. The monoisotopic (exact) mass is 321 g/mol. The Morgan fingerprint density at radius 1 is 1.21 bits per heavy atom. The summed E-state index contributed by atoms with van der Waals surface area (Å²) in [4.78, 5) is 25.8. The number of para-hydroxylation sites is 1. The van der Waals surface area contributed by atoms with Crippen LogP contribution >= 0.6 is 0 Å². The van der Waals surface area contributed by atoms with E-state index in [1.165, 1.54) is 18.3 Å². The molecule has 0 saturated heterocycles. The third-order valence-electron chi connectivity index (χ3n) is 3.65. The second kappa shape index (κ2) is 6.37. The zero-order valence-corrected chi connectivity index (χ0v) is 12.9. The summed E-state index contributed by atoms with van der Waals surface area (Å²) in [6.45, 7) is 1.94. The van der Waals surface area contributed by atoms with Gasteiger partial charge in [-0.2, -0.15) is 5.10 Å². The van der Waals surface area contributed by atoms with Gasteiger partial charge >= 0.3 is 5.97 Å². The van der Waals surface area contributed by atoms with Crippen LogP contribution in [0.15, 0.2) is 58.4 Å². The minimum Gasteiger partial charge on any atom is -0.478 e. The van der Waals surface area contributed by atoms with Gasteiger partial charge in [-0.05, 0) is 48.2 Å². The molecule has 0 bridgehead atoms. The van der Waals surface area contributed by atoms with Crippen LogP contribution in [0.3, 0.4) is 0 Å². The highest BCUT2D eigenvalue weighted by atomic mass is 16.4. The Morgan fingerprint density at radius 2 is 1.96 bits per heavy atom. The SMILES string of the molecule is Cc1cccc2cc(/C=N/Nc3ccc(C(=O)O)cc3)c(=O)[nH]c12. The first-order valence-corrected chi connectivity index (χ1v) is 7.30. The van der Waals surface area contributed by atoms with Crippen LogP contribution in [0.2, 0.25) is 0 Å². The van der Waals surface area contributed by atoms with E-state index in [9.17, 15) is 9.59 Å². The molecule has 24 heavy (non-hydrogen) atoms. The zero-order chi connectivity index (χ0) is 17.1. The van der Waals surface area contributed by atoms with Crippen molar-refractivity contribution < 1.29 is 9.90 Å². The van der Waals surface area contributed by atoms with Crippen molar-refractivity contribution in [3.8, 4) is 0 Å². The molecule has 120 valence electrons. The molecule has 6 nitrogen and oxygen atoms in total. The van der Waals surface area contributed by atoms with E-state index in [0.29, 0.717) is 11.3 Å². The van der Waals surface area contributed by atoms with Gasteiger partial charge in [0.05, 0.1) is 28.5 Å². The van der Waals surface area contributed by atoms with Gasteiger partial charge in [0.15, 0.2) is 0 Å². The molecule has 0 aliphatic rings. The topological polar surface area (TPSA) is 94.5 Å². The normalized spacial score (nSPS) is 11.0. The molecule has 0 amide bonds. The maximum absolute atomic E-state index is 12.1. The molecule has 0 atom stereocenters. The van der Waals surface area contributed by atoms with Crippen LogP contribution in [0.1, 0.15) is 21.5 Å². The van der Waals surface area contributed by atoms with Gasteiger partial charge in [-0.1, -0.05) is 18.2 Å². The van der Waals surface area contributed by atoms with Crippen LogP contribution in [-0.4, -0.2) is 22.3 Å². The summed E-state index contributed by atoms with van der Waals surface area (Å²) >= 11 is 0. The number of H-pyrrole nitrogens is 1. The lowest BCUT2D eigenvalue weighted by Crippen LogP contribution is -2.12. The number of carbonyl (C=O) groups is 1. The molecule has 0 fully saturated rings. The molecule has 3 N–H and O–H groups in total. The van der Waals surface area contributed by atoms with Crippen LogP contribution in [0.25, 0.3) is 10.9 Å². The number of anilines is 1. The molecule has 0 unspecified atom stereocenters. The Labute approximate surface area is 137 Å². The molecule has 1 heterocycles. The zero-order valence-electron chi connectivity index (χ0n) is 12.9. The largest absolute Gasteiger partial charge is 0.478 e. The standard InChI is InChI=1S/C18H15N3O3/c1-11-3-2-4-13-9-14(17(22)20-16(11)13)10-19-21-15-7-5-12(6-8-15)18(23)24/h2-10,21H,1H3,(H,20,22)(H,23,24)/b19-10+. The molecule has 3 aromatic rings. The number of nitrogens with one attached hydrogen (secondary N) is 2. The quantitative estimate of drug-likeness (QED) is 0.508. The summed E-state index contributed by atoms with van der Waals surface area (Å²) in [5.74, 6) is -0.983. The smallest absolute Gasteiger partial charge is 0.335 e. The van der Waals surface area contributed by atoms with Gasteiger partial charge in [-0.25, -0.2) is 4.79 Å².